The highest BCUT2D eigenvalue weighted by Gasteiger charge is 2.09. The lowest BCUT2D eigenvalue weighted by Crippen LogP contribution is -2.12. The molecule has 0 saturated heterocycles. The number of halogens is 2. The van der Waals surface area contributed by atoms with E-state index < -0.39 is 5.82 Å². The van der Waals surface area contributed by atoms with E-state index >= 15 is 0 Å². The number of anilines is 1. The van der Waals surface area contributed by atoms with Crippen molar-refractivity contribution < 1.29 is 9.18 Å². The third-order valence-corrected chi connectivity index (χ3v) is 2.73. The number of carbonyl (C=O) groups is 1. The van der Waals surface area contributed by atoms with E-state index in [1.165, 1.54) is 6.07 Å². The maximum absolute atomic E-state index is 13.5. The fourth-order valence-electron chi connectivity index (χ4n) is 1.53. The Morgan fingerprint density at radius 3 is 2.50 bits per heavy atom. The summed E-state index contributed by atoms with van der Waals surface area (Å²) in [5, 5.41) is 3.08. The first-order chi connectivity index (χ1) is 8.56. The Balaban J connectivity index is 2.21. The van der Waals surface area contributed by atoms with Crippen LogP contribution in [0.3, 0.4) is 0 Å². The smallest absolute Gasteiger partial charge is 0.255 e. The predicted octanol–water partition coefficient (Wildman–Crippen LogP) is 4.04. The molecule has 0 saturated carbocycles. The lowest BCUT2D eigenvalue weighted by Gasteiger charge is -2.07. The summed E-state index contributed by atoms with van der Waals surface area (Å²) >= 11 is 5.73. The fourth-order valence-corrected chi connectivity index (χ4v) is 1.66. The molecular formula is C14H11ClFNO. The largest absolute Gasteiger partial charge is 0.319 e. The van der Waals surface area contributed by atoms with E-state index in [1.807, 2.05) is 6.92 Å². The van der Waals surface area contributed by atoms with Crippen LogP contribution in [-0.4, -0.2) is 5.91 Å². The van der Waals surface area contributed by atoms with E-state index in [1.54, 1.807) is 36.4 Å². The van der Waals surface area contributed by atoms with Crippen molar-refractivity contribution in [2.45, 2.75) is 6.92 Å². The first-order valence-corrected chi connectivity index (χ1v) is 5.77. The maximum Gasteiger partial charge on any atom is 0.255 e. The Hall–Kier alpha value is -1.87. The van der Waals surface area contributed by atoms with E-state index in [0.717, 1.165) is 5.56 Å². The molecule has 0 heterocycles. The van der Waals surface area contributed by atoms with Gasteiger partial charge in [0.05, 0.1) is 5.69 Å². The van der Waals surface area contributed by atoms with Gasteiger partial charge in [-0.05, 0) is 48.9 Å². The minimum Gasteiger partial charge on any atom is -0.319 e. The zero-order chi connectivity index (χ0) is 13.1. The second-order valence-electron chi connectivity index (χ2n) is 3.94. The third kappa shape index (κ3) is 2.87. The summed E-state index contributed by atoms with van der Waals surface area (Å²) in [5.74, 6) is -0.820. The van der Waals surface area contributed by atoms with Gasteiger partial charge in [-0.25, -0.2) is 4.39 Å². The first kappa shape index (κ1) is 12.6. The van der Waals surface area contributed by atoms with Gasteiger partial charge in [0, 0.05) is 10.6 Å². The zero-order valence-electron chi connectivity index (χ0n) is 9.71. The summed E-state index contributed by atoms with van der Waals surface area (Å²) in [4.78, 5) is 11.9. The molecule has 0 aliphatic rings. The van der Waals surface area contributed by atoms with Gasteiger partial charge >= 0.3 is 0 Å². The molecule has 0 aromatic heterocycles. The van der Waals surface area contributed by atoms with E-state index in [0.29, 0.717) is 10.6 Å². The Kier molecular flexibility index (Phi) is 3.63. The molecule has 18 heavy (non-hydrogen) atoms. The van der Waals surface area contributed by atoms with Gasteiger partial charge in [-0.15, -0.1) is 0 Å². The van der Waals surface area contributed by atoms with Crippen molar-refractivity contribution in [3.63, 3.8) is 0 Å². The number of hydrogen-bond acceptors (Lipinski definition) is 1. The van der Waals surface area contributed by atoms with Crippen LogP contribution in [0.2, 0.25) is 5.02 Å². The summed E-state index contributed by atoms with van der Waals surface area (Å²) in [6, 6.07) is 11.0. The molecule has 0 aliphatic carbocycles. The van der Waals surface area contributed by atoms with E-state index in [9.17, 15) is 9.18 Å². The van der Waals surface area contributed by atoms with E-state index in [2.05, 4.69) is 5.32 Å². The molecule has 2 rings (SSSR count). The summed E-state index contributed by atoms with van der Waals surface area (Å²) in [7, 11) is 0. The van der Waals surface area contributed by atoms with Crippen molar-refractivity contribution in [3.05, 3.63) is 64.4 Å². The molecule has 92 valence electrons. The van der Waals surface area contributed by atoms with Crippen LogP contribution in [0.5, 0.6) is 0 Å². The molecule has 0 radical (unpaired) electrons. The van der Waals surface area contributed by atoms with Crippen molar-refractivity contribution in [2.24, 2.45) is 0 Å². The fraction of sp³-hybridized carbons (Fsp3) is 0.0714. The summed E-state index contributed by atoms with van der Waals surface area (Å²) in [6.07, 6.45) is 0. The molecule has 1 N–H and O–H groups in total. The second kappa shape index (κ2) is 5.19. The van der Waals surface area contributed by atoms with Crippen molar-refractivity contribution in [3.8, 4) is 0 Å². The van der Waals surface area contributed by atoms with Crippen molar-refractivity contribution in [1.29, 1.82) is 0 Å². The van der Waals surface area contributed by atoms with Crippen LogP contribution < -0.4 is 5.32 Å². The lowest BCUT2D eigenvalue weighted by molar-refractivity contribution is 0.102. The molecule has 0 bridgehead atoms. The minimum absolute atomic E-state index is 0.176. The van der Waals surface area contributed by atoms with Gasteiger partial charge in [0.15, 0.2) is 0 Å². The molecule has 2 nitrogen and oxygen atoms in total. The Bertz CT molecular complexity index is 581. The molecule has 2 aromatic carbocycles. The van der Waals surface area contributed by atoms with Crippen LogP contribution in [0, 0.1) is 12.7 Å². The number of amides is 1. The van der Waals surface area contributed by atoms with Gasteiger partial charge < -0.3 is 5.32 Å². The highest BCUT2D eigenvalue weighted by atomic mass is 35.5. The Labute approximate surface area is 109 Å². The van der Waals surface area contributed by atoms with Crippen molar-refractivity contribution in [1.82, 2.24) is 0 Å². The third-order valence-electron chi connectivity index (χ3n) is 2.48. The Morgan fingerprint density at radius 1 is 1.17 bits per heavy atom. The number of hydrogen-bond donors (Lipinski definition) is 1. The second-order valence-corrected chi connectivity index (χ2v) is 4.38. The number of rotatable bonds is 2. The van der Waals surface area contributed by atoms with Gasteiger partial charge in [0.1, 0.15) is 5.82 Å². The molecule has 0 fully saturated rings. The molecule has 4 heteroatoms. The molecular weight excluding hydrogens is 253 g/mol. The topological polar surface area (TPSA) is 29.1 Å². The number of aryl methyl sites for hydroxylation is 1. The van der Waals surface area contributed by atoms with Gasteiger partial charge in [-0.3, -0.25) is 4.79 Å². The van der Waals surface area contributed by atoms with E-state index in [-0.39, 0.29) is 11.6 Å². The van der Waals surface area contributed by atoms with Crippen LogP contribution >= 0.6 is 11.6 Å². The maximum atomic E-state index is 13.5. The standard InChI is InChI=1S/C14H11ClFNO/c1-9-2-7-12(16)13(8-9)17-14(18)10-3-5-11(15)6-4-10/h2-8H,1H3,(H,17,18). The van der Waals surface area contributed by atoms with Crippen molar-refractivity contribution >= 4 is 23.2 Å². The normalized spacial score (nSPS) is 10.2. The molecule has 0 aliphatic heterocycles. The molecule has 0 spiro atoms. The van der Waals surface area contributed by atoms with Crippen LogP contribution in [0.15, 0.2) is 42.5 Å². The van der Waals surface area contributed by atoms with Crippen molar-refractivity contribution in [2.75, 3.05) is 5.32 Å². The average molecular weight is 264 g/mol. The van der Waals surface area contributed by atoms with Crippen LogP contribution in [0.4, 0.5) is 10.1 Å². The number of carbonyl (C=O) groups excluding carboxylic acids is 1. The number of nitrogens with one attached hydrogen (secondary N) is 1. The quantitative estimate of drug-likeness (QED) is 0.870. The van der Waals surface area contributed by atoms with Crippen LogP contribution in [0.25, 0.3) is 0 Å². The lowest BCUT2D eigenvalue weighted by atomic mass is 10.2. The summed E-state index contributed by atoms with van der Waals surface area (Å²) < 4.78 is 13.5. The zero-order valence-corrected chi connectivity index (χ0v) is 10.5. The van der Waals surface area contributed by atoms with Crippen LogP contribution in [0.1, 0.15) is 15.9 Å². The number of benzene rings is 2. The van der Waals surface area contributed by atoms with E-state index in [4.69, 9.17) is 11.6 Å². The highest BCUT2D eigenvalue weighted by Crippen LogP contribution is 2.17. The SMILES string of the molecule is Cc1ccc(F)c(NC(=O)c2ccc(Cl)cc2)c1. The highest BCUT2D eigenvalue weighted by molar-refractivity contribution is 6.30. The van der Waals surface area contributed by atoms with Crippen LogP contribution in [-0.2, 0) is 0 Å². The Morgan fingerprint density at radius 2 is 1.83 bits per heavy atom. The average Bonchev–Trinajstić information content (AvgIpc) is 2.34. The van der Waals surface area contributed by atoms with Gasteiger partial charge in [0.25, 0.3) is 5.91 Å². The monoisotopic (exact) mass is 263 g/mol. The van der Waals surface area contributed by atoms with Gasteiger partial charge in [-0.1, -0.05) is 17.7 Å². The molecule has 2 aromatic rings. The molecule has 0 atom stereocenters. The summed E-state index contributed by atoms with van der Waals surface area (Å²) in [6.45, 7) is 1.83. The molecule has 0 unspecified atom stereocenters. The van der Waals surface area contributed by atoms with Gasteiger partial charge in [0.2, 0.25) is 0 Å². The van der Waals surface area contributed by atoms with Gasteiger partial charge in [-0.2, -0.15) is 0 Å². The first-order valence-electron chi connectivity index (χ1n) is 5.39. The predicted molar refractivity (Wildman–Crippen MR) is 70.5 cm³/mol. The molecule has 1 amide bonds. The summed E-state index contributed by atoms with van der Waals surface area (Å²) in [5.41, 5.74) is 1.48. The minimum atomic E-state index is -0.456.